The average molecular weight is 407 g/mol. The number of benzene rings is 1. The van der Waals surface area contributed by atoms with Crippen molar-refractivity contribution < 1.29 is 17.9 Å². The quantitative estimate of drug-likeness (QED) is 0.829. The van der Waals surface area contributed by atoms with Crippen LogP contribution in [0.5, 0.6) is 0 Å². The summed E-state index contributed by atoms with van der Waals surface area (Å²) in [5.74, 6) is -0.519. The lowest BCUT2D eigenvalue weighted by molar-refractivity contribution is 0.0730. The fourth-order valence-electron chi connectivity index (χ4n) is 2.49. The molecular weight excluding hydrogens is 392 g/mol. The van der Waals surface area contributed by atoms with E-state index in [4.69, 9.17) is 21.6 Å². The van der Waals surface area contributed by atoms with E-state index in [2.05, 4.69) is 10.3 Å². The maximum absolute atomic E-state index is 12.8. The summed E-state index contributed by atoms with van der Waals surface area (Å²) in [5.41, 5.74) is 0.565. The van der Waals surface area contributed by atoms with Gasteiger partial charge in [0.05, 0.1) is 34.4 Å². The summed E-state index contributed by atoms with van der Waals surface area (Å²) in [7, 11) is -3.72. The number of amides is 1. The van der Waals surface area contributed by atoms with E-state index >= 15 is 0 Å². The minimum absolute atomic E-state index is 0.0297. The molecule has 3 rings (SSSR count). The van der Waals surface area contributed by atoms with E-state index in [1.807, 2.05) is 6.07 Å². The molecule has 1 amide bonds. The number of hydrogen-bond acceptors (Lipinski definition) is 6. The third kappa shape index (κ3) is 4.26. The molecule has 0 bridgehead atoms. The van der Waals surface area contributed by atoms with Crippen LogP contribution in [0.4, 0.5) is 5.69 Å². The summed E-state index contributed by atoms with van der Waals surface area (Å²) in [5, 5.41) is 11.5. The van der Waals surface area contributed by atoms with Crippen LogP contribution in [0.1, 0.15) is 16.1 Å². The highest BCUT2D eigenvalue weighted by atomic mass is 35.5. The lowest BCUT2D eigenvalue weighted by atomic mass is 10.2. The smallest absolute Gasteiger partial charge is 0.257 e. The number of nitriles is 1. The van der Waals surface area contributed by atoms with Crippen LogP contribution < -0.4 is 5.32 Å². The number of anilines is 1. The number of pyridine rings is 1. The van der Waals surface area contributed by atoms with E-state index in [-0.39, 0.29) is 40.0 Å². The molecule has 1 aliphatic rings. The summed E-state index contributed by atoms with van der Waals surface area (Å²) >= 11 is 6.11. The van der Waals surface area contributed by atoms with Crippen molar-refractivity contribution >= 4 is 33.2 Å². The number of nitrogens with zero attached hydrogens (tertiary/aromatic N) is 3. The van der Waals surface area contributed by atoms with Crippen molar-refractivity contribution in [3.8, 4) is 6.07 Å². The second-order valence-electron chi connectivity index (χ2n) is 5.66. The SMILES string of the molecule is N#Cc1ccc(C(=O)Nc2cc(S(=O)(=O)N3CCOCC3)ccc2Cl)cn1. The molecule has 1 aliphatic heterocycles. The van der Waals surface area contributed by atoms with Crippen LogP contribution >= 0.6 is 11.6 Å². The molecule has 27 heavy (non-hydrogen) atoms. The Hall–Kier alpha value is -2.51. The molecule has 1 aromatic heterocycles. The fraction of sp³-hybridized carbons (Fsp3) is 0.235. The highest BCUT2D eigenvalue weighted by molar-refractivity contribution is 7.89. The minimum Gasteiger partial charge on any atom is -0.379 e. The van der Waals surface area contributed by atoms with Gasteiger partial charge in [-0.15, -0.1) is 0 Å². The van der Waals surface area contributed by atoms with E-state index in [0.717, 1.165) is 0 Å². The molecule has 10 heteroatoms. The number of halogens is 1. The van der Waals surface area contributed by atoms with Crippen LogP contribution in [0.3, 0.4) is 0 Å². The molecule has 1 saturated heterocycles. The Morgan fingerprint density at radius 3 is 2.63 bits per heavy atom. The first kappa shape index (κ1) is 19.3. The third-order valence-corrected chi connectivity index (χ3v) is 6.16. The Bertz CT molecular complexity index is 997. The third-order valence-electron chi connectivity index (χ3n) is 3.93. The zero-order chi connectivity index (χ0) is 19.4. The minimum atomic E-state index is -3.72. The van der Waals surface area contributed by atoms with Gasteiger partial charge in [-0.05, 0) is 30.3 Å². The Balaban J connectivity index is 1.84. The number of ether oxygens (including phenoxy) is 1. The van der Waals surface area contributed by atoms with Crippen molar-refractivity contribution in [3.05, 3.63) is 52.8 Å². The van der Waals surface area contributed by atoms with Gasteiger partial charge in [-0.2, -0.15) is 9.57 Å². The largest absolute Gasteiger partial charge is 0.379 e. The van der Waals surface area contributed by atoms with Crippen LogP contribution in [0.2, 0.25) is 5.02 Å². The van der Waals surface area contributed by atoms with Crippen molar-refractivity contribution in [1.82, 2.24) is 9.29 Å². The summed E-state index contributed by atoms with van der Waals surface area (Å²) < 4.78 is 32.0. The maximum Gasteiger partial charge on any atom is 0.257 e. The lowest BCUT2D eigenvalue weighted by Crippen LogP contribution is -2.40. The van der Waals surface area contributed by atoms with Crippen LogP contribution in [-0.4, -0.2) is 49.9 Å². The number of morpholine rings is 1. The van der Waals surface area contributed by atoms with Gasteiger partial charge in [0.25, 0.3) is 5.91 Å². The van der Waals surface area contributed by atoms with Crippen molar-refractivity contribution in [2.75, 3.05) is 31.6 Å². The second kappa shape index (κ2) is 8.02. The van der Waals surface area contributed by atoms with Gasteiger partial charge in [0.2, 0.25) is 10.0 Å². The number of rotatable bonds is 4. The Morgan fingerprint density at radius 2 is 2.00 bits per heavy atom. The van der Waals surface area contributed by atoms with Crippen LogP contribution in [0.25, 0.3) is 0 Å². The number of hydrogen-bond donors (Lipinski definition) is 1. The zero-order valence-electron chi connectivity index (χ0n) is 14.1. The summed E-state index contributed by atoms with van der Waals surface area (Å²) in [6, 6.07) is 8.86. The molecule has 0 unspecified atom stereocenters. The van der Waals surface area contributed by atoms with Crippen molar-refractivity contribution in [3.63, 3.8) is 0 Å². The number of nitrogens with one attached hydrogen (secondary N) is 1. The van der Waals surface area contributed by atoms with Gasteiger partial charge in [-0.3, -0.25) is 4.79 Å². The van der Waals surface area contributed by atoms with E-state index in [0.29, 0.717) is 13.2 Å². The molecule has 2 heterocycles. The predicted molar refractivity (Wildman–Crippen MR) is 97.9 cm³/mol. The van der Waals surface area contributed by atoms with E-state index in [1.54, 1.807) is 0 Å². The first-order valence-corrected chi connectivity index (χ1v) is 9.78. The van der Waals surface area contributed by atoms with Gasteiger partial charge in [0.1, 0.15) is 11.8 Å². The molecule has 0 atom stereocenters. The van der Waals surface area contributed by atoms with Gasteiger partial charge in [0.15, 0.2) is 0 Å². The van der Waals surface area contributed by atoms with Gasteiger partial charge < -0.3 is 10.1 Å². The molecule has 1 fully saturated rings. The summed E-state index contributed by atoms with van der Waals surface area (Å²) in [6.45, 7) is 1.21. The molecule has 2 aromatic rings. The number of aromatic nitrogens is 1. The fourth-order valence-corrected chi connectivity index (χ4v) is 4.08. The summed E-state index contributed by atoms with van der Waals surface area (Å²) in [6.07, 6.45) is 1.26. The molecule has 0 saturated carbocycles. The number of carbonyl (C=O) groups excluding carboxylic acids is 1. The van der Waals surface area contributed by atoms with Crippen molar-refractivity contribution in [2.45, 2.75) is 4.90 Å². The van der Waals surface area contributed by atoms with E-state index in [1.165, 1.54) is 40.8 Å². The maximum atomic E-state index is 12.8. The molecule has 8 nitrogen and oxygen atoms in total. The molecule has 0 radical (unpaired) electrons. The number of carbonyl (C=O) groups is 1. The topological polar surface area (TPSA) is 112 Å². The Kier molecular flexibility index (Phi) is 5.72. The zero-order valence-corrected chi connectivity index (χ0v) is 15.6. The van der Waals surface area contributed by atoms with Crippen molar-refractivity contribution in [1.29, 1.82) is 5.26 Å². The Morgan fingerprint density at radius 1 is 1.26 bits per heavy atom. The average Bonchev–Trinajstić information content (AvgIpc) is 2.70. The highest BCUT2D eigenvalue weighted by Gasteiger charge is 2.27. The van der Waals surface area contributed by atoms with Gasteiger partial charge >= 0.3 is 0 Å². The normalized spacial score (nSPS) is 15.1. The van der Waals surface area contributed by atoms with Crippen LogP contribution in [-0.2, 0) is 14.8 Å². The van der Waals surface area contributed by atoms with Crippen LogP contribution in [0.15, 0.2) is 41.4 Å². The van der Waals surface area contributed by atoms with E-state index < -0.39 is 15.9 Å². The van der Waals surface area contributed by atoms with Gasteiger partial charge in [0, 0.05) is 19.3 Å². The molecule has 1 N–H and O–H groups in total. The summed E-state index contributed by atoms with van der Waals surface area (Å²) in [4.78, 5) is 16.2. The van der Waals surface area contributed by atoms with Crippen LogP contribution in [0, 0.1) is 11.3 Å². The monoisotopic (exact) mass is 406 g/mol. The highest BCUT2D eigenvalue weighted by Crippen LogP contribution is 2.27. The predicted octanol–water partition coefficient (Wildman–Crippen LogP) is 1.88. The standard InChI is InChI=1S/C17H15ClN4O4S/c18-15-4-3-14(27(24,25)22-5-7-26-8-6-22)9-16(15)21-17(23)12-1-2-13(10-19)20-11-12/h1-4,9,11H,5-8H2,(H,21,23). The van der Waals surface area contributed by atoms with Gasteiger partial charge in [-0.1, -0.05) is 11.6 Å². The molecule has 1 aromatic carbocycles. The molecule has 0 aliphatic carbocycles. The Labute approximate surface area is 161 Å². The second-order valence-corrected chi connectivity index (χ2v) is 8.00. The van der Waals surface area contributed by atoms with Crippen molar-refractivity contribution in [2.24, 2.45) is 0 Å². The first-order chi connectivity index (χ1) is 12.9. The molecule has 0 spiro atoms. The lowest BCUT2D eigenvalue weighted by Gasteiger charge is -2.26. The van der Waals surface area contributed by atoms with Gasteiger partial charge in [-0.25, -0.2) is 13.4 Å². The van der Waals surface area contributed by atoms with E-state index in [9.17, 15) is 13.2 Å². The molecular formula is C17H15ClN4O4S. The first-order valence-electron chi connectivity index (χ1n) is 7.97. The molecule has 140 valence electrons. The number of sulfonamides is 1.